The number of ether oxygens (including phenoxy) is 1. The second-order valence-corrected chi connectivity index (χ2v) is 5.94. The number of hydrogen-bond donors (Lipinski definition) is 1. The predicted molar refractivity (Wildman–Crippen MR) is 74.4 cm³/mol. The van der Waals surface area contributed by atoms with Gasteiger partial charge in [0.25, 0.3) is 0 Å². The van der Waals surface area contributed by atoms with Crippen molar-refractivity contribution in [1.29, 1.82) is 0 Å². The summed E-state index contributed by atoms with van der Waals surface area (Å²) >= 11 is 0. The van der Waals surface area contributed by atoms with Gasteiger partial charge in [-0.05, 0) is 18.9 Å². The molecule has 1 aromatic heterocycles. The third-order valence-electron chi connectivity index (χ3n) is 4.35. The molecule has 3 aliphatic rings. The highest BCUT2D eigenvalue weighted by Gasteiger charge is 2.43. The molecule has 0 unspecified atom stereocenters. The third-order valence-corrected chi connectivity index (χ3v) is 4.35. The Kier molecular flexibility index (Phi) is 2.83. The van der Waals surface area contributed by atoms with Crippen LogP contribution < -0.4 is 10.2 Å². The highest BCUT2D eigenvalue weighted by atomic mass is 16.5. The summed E-state index contributed by atoms with van der Waals surface area (Å²) in [6, 6.07) is 3.54. The number of pyridine rings is 1. The molecule has 6 heteroatoms. The summed E-state index contributed by atoms with van der Waals surface area (Å²) in [6.07, 6.45) is 3.92. The summed E-state index contributed by atoms with van der Waals surface area (Å²) < 4.78 is 5.54. The van der Waals surface area contributed by atoms with Crippen LogP contribution in [0.25, 0.3) is 0 Å². The third kappa shape index (κ3) is 2.24. The minimum absolute atomic E-state index is 0.0158. The Hall–Kier alpha value is -2.11. The summed E-state index contributed by atoms with van der Waals surface area (Å²) in [6.45, 7) is 1.04. The average molecular weight is 287 g/mol. The fourth-order valence-electron chi connectivity index (χ4n) is 3.07. The molecule has 1 amide bonds. The van der Waals surface area contributed by atoms with Crippen molar-refractivity contribution in [2.45, 2.75) is 38.0 Å². The zero-order valence-electron chi connectivity index (χ0n) is 11.6. The first-order chi connectivity index (χ1) is 10.2. The summed E-state index contributed by atoms with van der Waals surface area (Å²) in [5.41, 5.74) is 1.00. The average Bonchev–Trinajstić information content (AvgIpc) is 3.27. The van der Waals surface area contributed by atoms with E-state index in [0.717, 1.165) is 24.2 Å². The van der Waals surface area contributed by atoms with Crippen molar-refractivity contribution in [1.82, 2.24) is 10.3 Å². The fourth-order valence-corrected chi connectivity index (χ4v) is 3.07. The smallest absolute Gasteiger partial charge is 0.309 e. The van der Waals surface area contributed by atoms with Crippen molar-refractivity contribution in [2.24, 2.45) is 5.92 Å². The van der Waals surface area contributed by atoms with Crippen LogP contribution in [0.1, 0.15) is 24.8 Å². The van der Waals surface area contributed by atoms with E-state index in [1.165, 1.54) is 0 Å². The molecule has 110 valence electrons. The van der Waals surface area contributed by atoms with Gasteiger partial charge in [-0.1, -0.05) is 6.07 Å². The quantitative estimate of drug-likeness (QED) is 0.807. The van der Waals surface area contributed by atoms with Gasteiger partial charge in [-0.2, -0.15) is 0 Å². The van der Waals surface area contributed by atoms with E-state index in [1.54, 1.807) is 6.20 Å². The van der Waals surface area contributed by atoms with Crippen LogP contribution in [-0.4, -0.2) is 35.6 Å². The number of amides is 1. The molecule has 3 heterocycles. The molecular weight excluding hydrogens is 270 g/mol. The molecule has 1 N–H and O–H groups in total. The van der Waals surface area contributed by atoms with Crippen LogP contribution in [-0.2, 0) is 20.9 Å². The summed E-state index contributed by atoms with van der Waals surface area (Å²) in [5.74, 6) is 0.785. The van der Waals surface area contributed by atoms with Crippen molar-refractivity contribution in [2.75, 3.05) is 11.4 Å². The maximum Gasteiger partial charge on any atom is 0.309 e. The molecule has 4 rings (SSSR count). The highest BCUT2D eigenvalue weighted by molar-refractivity contribution is 5.87. The Bertz CT molecular complexity index is 600. The molecule has 1 aliphatic carbocycles. The van der Waals surface area contributed by atoms with Gasteiger partial charge in [0.2, 0.25) is 5.91 Å². The van der Waals surface area contributed by atoms with Gasteiger partial charge in [0.1, 0.15) is 18.0 Å². The van der Waals surface area contributed by atoms with E-state index in [9.17, 15) is 9.59 Å². The Balaban J connectivity index is 1.57. The molecule has 2 aliphatic heterocycles. The maximum absolute atomic E-state index is 12.2. The molecule has 1 saturated carbocycles. The van der Waals surface area contributed by atoms with Gasteiger partial charge in [0.05, 0.1) is 12.5 Å². The van der Waals surface area contributed by atoms with Gasteiger partial charge >= 0.3 is 5.97 Å². The van der Waals surface area contributed by atoms with Gasteiger partial charge in [-0.15, -0.1) is 0 Å². The van der Waals surface area contributed by atoms with Crippen LogP contribution in [0.15, 0.2) is 18.3 Å². The minimum Gasteiger partial charge on any atom is -0.460 e. The number of esters is 1. The molecule has 0 spiro atoms. The lowest BCUT2D eigenvalue weighted by Crippen LogP contribution is -2.40. The van der Waals surface area contributed by atoms with Crippen LogP contribution in [0, 0.1) is 5.92 Å². The number of anilines is 1. The lowest BCUT2D eigenvalue weighted by Gasteiger charge is -2.22. The van der Waals surface area contributed by atoms with Crippen molar-refractivity contribution in [3.63, 3.8) is 0 Å². The van der Waals surface area contributed by atoms with Crippen molar-refractivity contribution in [3.05, 3.63) is 23.9 Å². The van der Waals surface area contributed by atoms with Crippen molar-refractivity contribution in [3.8, 4) is 0 Å². The van der Waals surface area contributed by atoms with Gasteiger partial charge in [0, 0.05) is 24.7 Å². The molecule has 21 heavy (non-hydrogen) atoms. The van der Waals surface area contributed by atoms with Crippen LogP contribution in [0.4, 0.5) is 5.82 Å². The number of rotatable bonds is 2. The zero-order chi connectivity index (χ0) is 14.4. The lowest BCUT2D eigenvalue weighted by molar-refractivity contribution is -0.150. The predicted octanol–water partition coefficient (Wildman–Crippen LogP) is 0.612. The van der Waals surface area contributed by atoms with Crippen molar-refractivity contribution >= 4 is 17.7 Å². The van der Waals surface area contributed by atoms with E-state index in [-0.39, 0.29) is 29.9 Å². The normalized spacial score (nSPS) is 27.4. The number of nitrogens with one attached hydrogen (secondary N) is 1. The first-order valence-electron chi connectivity index (χ1n) is 7.41. The first kappa shape index (κ1) is 12.6. The number of carbonyl (C=O) groups excluding carboxylic acids is 2. The van der Waals surface area contributed by atoms with Crippen LogP contribution in [0.3, 0.4) is 0 Å². The Morgan fingerprint density at radius 1 is 1.43 bits per heavy atom. The van der Waals surface area contributed by atoms with Crippen LogP contribution in [0.2, 0.25) is 0 Å². The molecule has 0 aromatic carbocycles. The van der Waals surface area contributed by atoms with Gasteiger partial charge in [-0.3, -0.25) is 9.59 Å². The number of fused-ring (bicyclic) bond motifs is 3. The number of carbonyl (C=O) groups is 2. The Morgan fingerprint density at radius 3 is 3.10 bits per heavy atom. The van der Waals surface area contributed by atoms with E-state index in [2.05, 4.69) is 10.3 Å². The molecule has 1 saturated heterocycles. The number of nitrogens with zero attached hydrogens (tertiary/aromatic N) is 2. The Morgan fingerprint density at radius 2 is 2.29 bits per heavy atom. The Labute approximate surface area is 122 Å². The van der Waals surface area contributed by atoms with E-state index in [4.69, 9.17) is 4.74 Å². The summed E-state index contributed by atoms with van der Waals surface area (Å²) in [4.78, 5) is 30.4. The monoisotopic (exact) mass is 287 g/mol. The topological polar surface area (TPSA) is 71.5 Å². The number of aromatic nitrogens is 1. The van der Waals surface area contributed by atoms with Gasteiger partial charge in [0.15, 0.2) is 0 Å². The van der Waals surface area contributed by atoms with E-state index in [1.807, 2.05) is 17.0 Å². The van der Waals surface area contributed by atoms with Crippen LogP contribution >= 0.6 is 0 Å². The lowest BCUT2D eigenvalue weighted by atomic mass is 10.2. The van der Waals surface area contributed by atoms with Crippen molar-refractivity contribution < 1.29 is 14.3 Å². The second-order valence-electron chi connectivity index (χ2n) is 5.94. The molecule has 0 bridgehead atoms. The fraction of sp³-hybridized carbons (Fsp3) is 0.533. The maximum atomic E-state index is 12.2. The van der Waals surface area contributed by atoms with E-state index < -0.39 is 0 Å². The van der Waals surface area contributed by atoms with E-state index in [0.29, 0.717) is 19.5 Å². The zero-order valence-corrected chi connectivity index (χ0v) is 11.6. The molecule has 2 fully saturated rings. The van der Waals surface area contributed by atoms with E-state index >= 15 is 0 Å². The van der Waals surface area contributed by atoms with Gasteiger partial charge in [-0.25, -0.2) is 4.98 Å². The summed E-state index contributed by atoms with van der Waals surface area (Å²) in [5, 5.41) is 2.92. The second kappa shape index (κ2) is 4.72. The molecule has 6 nitrogen and oxygen atoms in total. The SMILES string of the molecule is O=C(O[C@@H]1C[C@@H]2C(=O)NCc3cccnc3N2C1)C1CC1. The molecule has 1 aromatic rings. The summed E-state index contributed by atoms with van der Waals surface area (Å²) in [7, 11) is 0. The molecule has 2 atom stereocenters. The van der Waals surface area contributed by atoms with Crippen LogP contribution in [0.5, 0.6) is 0 Å². The highest BCUT2D eigenvalue weighted by Crippen LogP contribution is 2.34. The number of hydrogen-bond acceptors (Lipinski definition) is 5. The first-order valence-corrected chi connectivity index (χ1v) is 7.41. The molecular formula is C15H17N3O3. The largest absolute Gasteiger partial charge is 0.460 e. The standard InChI is InChI=1S/C15H17N3O3/c19-14-12-6-11(21-15(20)9-3-4-9)8-18(12)13-10(7-17-14)2-1-5-16-13/h1-2,5,9,11-12H,3-4,6-8H2,(H,17,19)/t11-,12-/m1/s1. The molecule has 0 radical (unpaired) electrons. The minimum atomic E-state index is -0.293. The van der Waals surface area contributed by atoms with Gasteiger partial charge < -0.3 is 15.0 Å².